The Balaban J connectivity index is 0.000000188. The van der Waals surface area contributed by atoms with Crippen molar-refractivity contribution < 1.29 is 34.8 Å². The van der Waals surface area contributed by atoms with Crippen LogP contribution in [0.5, 0.6) is 0 Å². The fourth-order valence-corrected chi connectivity index (χ4v) is 4.06. The minimum Gasteiger partial charge on any atom is -0.481 e. The molecule has 0 aromatic heterocycles. The van der Waals surface area contributed by atoms with E-state index >= 15 is 0 Å². The van der Waals surface area contributed by atoms with E-state index in [0.717, 1.165) is 0 Å². The summed E-state index contributed by atoms with van der Waals surface area (Å²) in [7, 11) is 0. The second-order valence-corrected chi connectivity index (χ2v) is 7.77. The number of hydrogen-bond acceptors (Lipinski definition) is 4. The Hall–Kier alpha value is -3.45. The first kappa shape index (κ1) is 22.2. The lowest BCUT2D eigenvalue weighted by Crippen LogP contribution is -2.42. The van der Waals surface area contributed by atoms with E-state index in [9.17, 15) is 14.4 Å². The predicted molar refractivity (Wildman–Crippen MR) is 115 cm³/mol. The molecular weight excluding hydrogens is 400 g/mol. The van der Waals surface area contributed by atoms with Gasteiger partial charge in [-0.1, -0.05) is 48.5 Å². The molecule has 0 amide bonds. The zero-order valence-corrected chi connectivity index (χ0v) is 16.9. The van der Waals surface area contributed by atoms with Crippen molar-refractivity contribution in [3.8, 4) is 0 Å². The summed E-state index contributed by atoms with van der Waals surface area (Å²) in [5.41, 5.74) is 0.436. The van der Waals surface area contributed by atoms with E-state index in [1.165, 1.54) is 47.2 Å². The van der Waals surface area contributed by atoms with Crippen LogP contribution in [0.1, 0.15) is 36.8 Å². The topological polar surface area (TPSA) is 132 Å². The van der Waals surface area contributed by atoms with Crippen LogP contribution in [0.3, 0.4) is 0 Å². The van der Waals surface area contributed by atoms with Gasteiger partial charge in [0.15, 0.2) is 5.60 Å². The molecule has 0 saturated carbocycles. The minimum absolute atomic E-state index is 1.14. The number of aliphatic hydroxyl groups is 1. The summed E-state index contributed by atoms with van der Waals surface area (Å²) < 4.78 is 0. The van der Waals surface area contributed by atoms with Gasteiger partial charge in [0, 0.05) is 0 Å². The molecular formula is C24H24O7. The van der Waals surface area contributed by atoms with Gasteiger partial charge in [0.1, 0.15) is 0 Å². The normalized spacial score (nSPS) is 13.2. The fraction of sp³-hybridized carbons (Fsp3) is 0.292. The van der Waals surface area contributed by atoms with Crippen molar-refractivity contribution in [3.63, 3.8) is 0 Å². The SMILES string of the molecule is O=C(O)CC(O)(CC(=O)O)C(=O)O.c1ccc2c(c1)ccc1c3c(ccc12)CCCC3. The maximum atomic E-state index is 10.3. The van der Waals surface area contributed by atoms with Gasteiger partial charge in [-0.05, 0) is 58.4 Å². The van der Waals surface area contributed by atoms with Gasteiger partial charge in [-0.3, -0.25) is 9.59 Å². The van der Waals surface area contributed by atoms with Gasteiger partial charge in [0.2, 0.25) is 0 Å². The van der Waals surface area contributed by atoms with Crippen molar-refractivity contribution in [2.75, 3.05) is 0 Å². The molecule has 162 valence electrons. The fourth-order valence-electron chi connectivity index (χ4n) is 4.06. The van der Waals surface area contributed by atoms with E-state index < -0.39 is 36.4 Å². The summed E-state index contributed by atoms with van der Waals surface area (Å²) in [5.74, 6) is -5.02. The zero-order valence-electron chi connectivity index (χ0n) is 16.9. The van der Waals surface area contributed by atoms with Gasteiger partial charge in [0.25, 0.3) is 0 Å². The third-order valence-electron chi connectivity index (χ3n) is 5.54. The highest BCUT2D eigenvalue weighted by Gasteiger charge is 2.40. The Kier molecular flexibility index (Phi) is 6.56. The molecule has 0 atom stereocenters. The zero-order chi connectivity index (χ0) is 22.6. The standard InChI is InChI=1S/C18H16.C6H8O7/c1-3-7-15-13(5-1)9-11-18-16-8-4-2-6-14(16)10-12-17(15)18;7-3(8)1-6(13,5(11)12)2-4(9)10/h1,3,5,7,9-12H,2,4,6,8H2;13H,1-2H2,(H,7,8)(H,9,10)(H,11,12). The molecule has 31 heavy (non-hydrogen) atoms. The van der Waals surface area contributed by atoms with Crippen LogP contribution in [0.4, 0.5) is 0 Å². The Morgan fingerprint density at radius 1 is 0.742 bits per heavy atom. The molecule has 0 radical (unpaired) electrons. The monoisotopic (exact) mass is 424 g/mol. The smallest absolute Gasteiger partial charge is 0.336 e. The lowest BCUT2D eigenvalue weighted by molar-refractivity contribution is -0.170. The maximum Gasteiger partial charge on any atom is 0.336 e. The van der Waals surface area contributed by atoms with Gasteiger partial charge in [0.05, 0.1) is 12.8 Å². The van der Waals surface area contributed by atoms with Crippen molar-refractivity contribution in [2.45, 2.75) is 44.1 Å². The van der Waals surface area contributed by atoms with Crippen molar-refractivity contribution in [3.05, 3.63) is 59.7 Å². The van der Waals surface area contributed by atoms with Crippen LogP contribution in [-0.2, 0) is 27.2 Å². The maximum absolute atomic E-state index is 10.3. The van der Waals surface area contributed by atoms with Gasteiger partial charge < -0.3 is 20.4 Å². The van der Waals surface area contributed by atoms with Gasteiger partial charge in [-0.25, -0.2) is 4.79 Å². The highest BCUT2D eigenvalue weighted by Crippen LogP contribution is 2.33. The summed E-state index contributed by atoms with van der Waals surface area (Å²) in [5, 5.41) is 39.5. The number of fused-ring (bicyclic) bond motifs is 5. The molecule has 0 aliphatic heterocycles. The van der Waals surface area contributed by atoms with E-state index in [1.54, 1.807) is 11.1 Å². The summed E-state index contributed by atoms with van der Waals surface area (Å²) in [4.78, 5) is 30.5. The summed E-state index contributed by atoms with van der Waals surface area (Å²) in [6, 6.07) is 18.0. The Bertz CT molecular complexity index is 1130. The number of aliphatic carboxylic acids is 3. The second-order valence-electron chi connectivity index (χ2n) is 7.77. The summed E-state index contributed by atoms with van der Waals surface area (Å²) in [6.07, 6.45) is 2.93. The molecule has 0 fully saturated rings. The Labute approximate surface area is 178 Å². The molecule has 1 aliphatic rings. The first-order valence-corrected chi connectivity index (χ1v) is 10.0. The molecule has 1 aliphatic carbocycles. The van der Waals surface area contributed by atoms with Crippen LogP contribution in [-0.4, -0.2) is 43.9 Å². The molecule has 0 saturated heterocycles. The molecule has 4 N–H and O–H groups in total. The van der Waals surface area contributed by atoms with Crippen LogP contribution in [0.15, 0.2) is 48.5 Å². The summed E-state index contributed by atoms with van der Waals surface area (Å²) in [6.45, 7) is 0. The van der Waals surface area contributed by atoms with E-state index in [4.69, 9.17) is 20.4 Å². The largest absolute Gasteiger partial charge is 0.481 e. The minimum atomic E-state index is -2.74. The van der Waals surface area contributed by atoms with Crippen LogP contribution in [0.25, 0.3) is 21.5 Å². The van der Waals surface area contributed by atoms with Crippen molar-refractivity contribution in [1.29, 1.82) is 0 Å². The highest BCUT2D eigenvalue weighted by atomic mass is 16.4. The third kappa shape index (κ3) is 5.00. The number of carboxylic acids is 3. The molecule has 3 aromatic rings. The highest BCUT2D eigenvalue weighted by molar-refractivity contribution is 6.08. The van der Waals surface area contributed by atoms with E-state index in [-0.39, 0.29) is 0 Å². The Morgan fingerprint density at radius 2 is 1.35 bits per heavy atom. The number of benzene rings is 3. The molecule has 7 nitrogen and oxygen atoms in total. The van der Waals surface area contributed by atoms with Gasteiger partial charge >= 0.3 is 17.9 Å². The van der Waals surface area contributed by atoms with E-state index in [0.29, 0.717) is 0 Å². The van der Waals surface area contributed by atoms with Crippen molar-refractivity contribution >= 4 is 39.5 Å². The molecule has 0 bridgehead atoms. The molecule has 0 spiro atoms. The number of carbonyl (C=O) groups is 3. The van der Waals surface area contributed by atoms with Crippen LogP contribution < -0.4 is 0 Å². The lowest BCUT2D eigenvalue weighted by atomic mass is 9.86. The van der Waals surface area contributed by atoms with Gasteiger partial charge in [-0.2, -0.15) is 0 Å². The van der Waals surface area contributed by atoms with E-state index in [1.807, 2.05) is 0 Å². The quantitative estimate of drug-likeness (QED) is 0.460. The van der Waals surface area contributed by atoms with Crippen molar-refractivity contribution in [1.82, 2.24) is 0 Å². The summed E-state index contributed by atoms with van der Waals surface area (Å²) >= 11 is 0. The number of carboxylic acid groups (broad SMARTS) is 3. The first-order chi connectivity index (χ1) is 14.7. The molecule has 0 heterocycles. The van der Waals surface area contributed by atoms with Crippen LogP contribution in [0.2, 0.25) is 0 Å². The second kappa shape index (κ2) is 9.14. The molecule has 4 rings (SSSR count). The molecule has 0 unspecified atom stereocenters. The molecule has 3 aromatic carbocycles. The van der Waals surface area contributed by atoms with Crippen molar-refractivity contribution in [2.24, 2.45) is 0 Å². The predicted octanol–water partition coefficient (Wildman–Crippen LogP) is 3.62. The Morgan fingerprint density at radius 3 is 2.00 bits per heavy atom. The number of aryl methyl sites for hydroxylation is 2. The van der Waals surface area contributed by atoms with Gasteiger partial charge in [-0.15, -0.1) is 0 Å². The number of rotatable bonds is 5. The van der Waals surface area contributed by atoms with Crippen LogP contribution >= 0.6 is 0 Å². The average Bonchev–Trinajstić information content (AvgIpc) is 2.72. The van der Waals surface area contributed by atoms with Crippen LogP contribution in [0, 0.1) is 0 Å². The lowest BCUT2D eigenvalue weighted by Gasteiger charge is -2.18. The first-order valence-electron chi connectivity index (χ1n) is 10.0. The molecule has 7 heteroatoms. The average molecular weight is 424 g/mol. The number of hydrogen-bond donors (Lipinski definition) is 4. The third-order valence-corrected chi connectivity index (χ3v) is 5.54. The van der Waals surface area contributed by atoms with E-state index in [2.05, 4.69) is 48.5 Å².